The number of benzene rings is 1. The molecule has 0 unspecified atom stereocenters. The molecule has 1 aromatic rings. The molecule has 1 aromatic carbocycles. The van der Waals surface area contributed by atoms with Gasteiger partial charge in [-0.25, -0.2) is 8.78 Å². The lowest BCUT2D eigenvalue weighted by Gasteiger charge is -2.26. The lowest BCUT2D eigenvalue weighted by Crippen LogP contribution is -2.39. The average Bonchev–Trinajstić information content (AvgIpc) is 2.55. The molecule has 0 spiro atoms. The minimum Gasteiger partial charge on any atom is -0.379 e. The van der Waals surface area contributed by atoms with Crippen LogP contribution in [0.2, 0.25) is 0 Å². The van der Waals surface area contributed by atoms with Gasteiger partial charge in [-0.1, -0.05) is 0 Å². The summed E-state index contributed by atoms with van der Waals surface area (Å²) in [5.74, 6) is -1.29. The molecule has 0 amide bonds. The van der Waals surface area contributed by atoms with Crippen molar-refractivity contribution < 1.29 is 13.5 Å². The minimum atomic E-state index is -0.667. The van der Waals surface area contributed by atoms with E-state index in [1.807, 2.05) is 0 Å². The average molecular weight is 342 g/mol. The first-order valence-corrected chi connectivity index (χ1v) is 7.88. The fourth-order valence-corrected chi connectivity index (χ4v) is 2.29. The van der Waals surface area contributed by atoms with E-state index in [1.165, 1.54) is 18.3 Å². The number of ether oxygens (including phenoxy) is 1. The lowest BCUT2D eigenvalue weighted by atomic mass is 10.2. The Hall–Kier alpha value is -1.64. The number of hydrogen-bond acceptors (Lipinski definition) is 4. The van der Waals surface area contributed by atoms with Crippen molar-refractivity contribution in [3.63, 3.8) is 0 Å². The number of halogens is 2. The number of hydrogen-bond donors (Lipinski definition) is 2. The molecule has 23 heavy (non-hydrogen) atoms. The third kappa shape index (κ3) is 6.55. The highest BCUT2D eigenvalue weighted by atomic mass is 32.1. The molecular weight excluding hydrogens is 322 g/mol. The van der Waals surface area contributed by atoms with E-state index in [9.17, 15) is 8.78 Å². The first-order chi connectivity index (χ1) is 11.1. The van der Waals surface area contributed by atoms with Gasteiger partial charge in [-0.05, 0) is 37.3 Å². The third-order valence-electron chi connectivity index (χ3n) is 3.37. The number of rotatable bonds is 6. The highest BCUT2D eigenvalue weighted by molar-refractivity contribution is 7.80. The third-order valence-corrected chi connectivity index (χ3v) is 3.61. The van der Waals surface area contributed by atoms with Crippen molar-refractivity contribution in [1.29, 1.82) is 0 Å². The predicted octanol–water partition coefficient (Wildman–Crippen LogP) is 1.49. The van der Waals surface area contributed by atoms with Crippen molar-refractivity contribution in [3.8, 4) is 0 Å². The topological polar surface area (TPSA) is 48.9 Å². The van der Waals surface area contributed by atoms with Gasteiger partial charge in [-0.2, -0.15) is 5.10 Å². The highest BCUT2D eigenvalue weighted by Gasteiger charge is 2.09. The van der Waals surface area contributed by atoms with Crippen molar-refractivity contribution in [1.82, 2.24) is 15.6 Å². The van der Waals surface area contributed by atoms with Gasteiger partial charge in [-0.15, -0.1) is 0 Å². The summed E-state index contributed by atoms with van der Waals surface area (Å²) in [6.45, 7) is 5.24. The van der Waals surface area contributed by atoms with Crippen LogP contribution in [0.3, 0.4) is 0 Å². The van der Waals surface area contributed by atoms with E-state index in [0.29, 0.717) is 5.11 Å². The molecule has 0 atom stereocenters. The molecule has 1 aliphatic rings. The summed E-state index contributed by atoms with van der Waals surface area (Å²) < 4.78 is 31.4. The molecule has 2 N–H and O–H groups in total. The van der Waals surface area contributed by atoms with Crippen LogP contribution in [0.4, 0.5) is 8.78 Å². The maximum Gasteiger partial charge on any atom is 0.186 e. The summed E-state index contributed by atoms with van der Waals surface area (Å²) in [7, 11) is 0. The molecule has 8 heteroatoms. The molecule has 1 heterocycles. The van der Waals surface area contributed by atoms with E-state index >= 15 is 0 Å². The Kier molecular flexibility index (Phi) is 7.31. The van der Waals surface area contributed by atoms with E-state index in [2.05, 4.69) is 20.7 Å². The lowest BCUT2D eigenvalue weighted by molar-refractivity contribution is 0.0376. The van der Waals surface area contributed by atoms with Crippen LogP contribution in [0, 0.1) is 11.6 Å². The molecule has 1 fully saturated rings. The summed E-state index contributed by atoms with van der Waals surface area (Å²) >= 11 is 5.07. The largest absolute Gasteiger partial charge is 0.379 e. The number of nitrogens with zero attached hydrogens (tertiary/aromatic N) is 2. The van der Waals surface area contributed by atoms with E-state index in [-0.39, 0.29) is 5.56 Å². The number of morpholine rings is 1. The van der Waals surface area contributed by atoms with Gasteiger partial charge in [0.25, 0.3) is 0 Å². The number of hydrazone groups is 1. The molecule has 1 saturated heterocycles. The summed E-state index contributed by atoms with van der Waals surface area (Å²) in [5.41, 5.74) is 2.80. The van der Waals surface area contributed by atoms with Gasteiger partial charge in [0.2, 0.25) is 0 Å². The van der Waals surface area contributed by atoms with Crippen molar-refractivity contribution in [2.24, 2.45) is 5.10 Å². The zero-order valence-corrected chi connectivity index (χ0v) is 13.5. The fourth-order valence-electron chi connectivity index (χ4n) is 2.14. The van der Waals surface area contributed by atoms with Crippen LogP contribution < -0.4 is 10.7 Å². The predicted molar refractivity (Wildman–Crippen MR) is 89.6 cm³/mol. The van der Waals surface area contributed by atoms with Crippen molar-refractivity contribution >= 4 is 23.5 Å². The smallest absolute Gasteiger partial charge is 0.186 e. The maximum absolute atomic E-state index is 13.4. The molecule has 0 aromatic heterocycles. The van der Waals surface area contributed by atoms with Crippen LogP contribution in [0.25, 0.3) is 0 Å². The molecule has 0 aliphatic carbocycles. The number of thiocarbonyl (C=S) groups is 1. The molecule has 5 nitrogen and oxygen atoms in total. The van der Waals surface area contributed by atoms with Gasteiger partial charge in [0.15, 0.2) is 5.11 Å². The van der Waals surface area contributed by atoms with Gasteiger partial charge in [0, 0.05) is 31.3 Å². The van der Waals surface area contributed by atoms with Gasteiger partial charge >= 0.3 is 0 Å². The Morgan fingerprint density at radius 2 is 2.13 bits per heavy atom. The van der Waals surface area contributed by atoms with Crippen LogP contribution in [0.15, 0.2) is 23.3 Å². The number of nitrogens with one attached hydrogen (secondary N) is 2. The Bertz CT molecular complexity index is 550. The molecule has 1 aliphatic heterocycles. The Morgan fingerprint density at radius 1 is 1.35 bits per heavy atom. The fraction of sp³-hybridized carbons (Fsp3) is 0.467. The van der Waals surface area contributed by atoms with Gasteiger partial charge < -0.3 is 10.1 Å². The maximum atomic E-state index is 13.4. The second-order valence-corrected chi connectivity index (χ2v) is 5.51. The van der Waals surface area contributed by atoms with E-state index in [0.717, 1.165) is 51.9 Å². The van der Waals surface area contributed by atoms with Crippen LogP contribution in [-0.2, 0) is 4.74 Å². The molecule has 0 bridgehead atoms. The summed E-state index contributed by atoms with van der Waals surface area (Å²) in [6.07, 6.45) is 2.22. The van der Waals surface area contributed by atoms with Crippen molar-refractivity contribution in [3.05, 3.63) is 35.4 Å². The van der Waals surface area contributed by atoms with Crippen molar-refractivity contribution in [2.45, 2.75) is 6.42 Å². The van der Waals surface area contributed by atoms with Gasteiger partial charge in [0.1, 0.15) is 11.6 Å². The monoisotopic (exact) mass is 342 g/mol. The first-order valence-electron chi connectivity index (χ1n) is 7.47. The molecule has 0 saturated carbocycles. The molecular formula is C15H20F2N4OS. The SMILES string of the molecule is Fc1ccc(/C=N/NC(=S)NCCCN2CCOCC2)c(F)c1. The van der Waals surface area contributed by atoms with E-state index < -0.39 is 11.6 Å². The standard InChI is InChI=1S/C15H20F2N4OS/c16-13-3-2-12(14(17)10-13)11-19-20-15(23)18-4-1-5-21-6-8-22-9-7-21/h2-3,10-11H,1,4-9H2,(H2,18,20,23)/b19-11+. The Morgan fingerprint density at radius 3 is 2.87 bits per heavy atom. The summed E-state index contributed by atoms with van der Waals surface area (Å²) in [5, 5.41) is 7.23. The first kappa shape index (κ1) is 17.7. The molecule has 0 radical (unpaired) electrons. The highest BCUT2D eigenvalue weighted by Crippen LogP contribution is 2.06. The summed E-state index contributed by atoms with van der Waals surface area (Å²) in [6, 6.07) is 3.30. The van der Waals surface area contributed by atoms with Crippen LogP contribution in [0.1, 0.15) is 12.0 Å². The van der Waals surface area contributed by atoms with Crippen LogP contribution >= 0.6 is 12.2 Å². The quantitative estimate of drug-likeness (QED) is 0.355. The zero-order chi connectivity index (χ0) is 16.5. The minimum absolute atomic E-state index is 0.189. The molecule has 126 valence electrons. The second kappa shape index (κ2) is 9.49. The summed E-state index contributed by atoms with van der Waals surface area (Å²) in [4.78, 5) is 2.34. The van der Waals surface area contributed by atoms with Gasteiger partial charge in [-0.3, -0.25) is 10.3 Å². The van der Waals surface area contributed by atoms with Crippen LogP contribution in [0.5, 0.6) is 0 Å². The van der Waals surface area contributed by atoms with E-state index in [1.54, 1.807) is 0 Å². The second-order valence-electron chi connectivity index (χ2n) is 5.10. The Balaban J connectivity index is 1.61. The zero-order valence-electron chi connectivity index (χ0n) is 12.7. The van der Waals surface area contributed by atoms with E-state index in [4.69, 9.17) is 17.0 Å². The van der Waals surface area contributed by atoms with Crippen LogP contribution in [-0.4, -0.2) is 55.6 Å². The molecule has 2 rings (SSSR count). The normalized spacial score (nSPS) is 15.7. The van der Waals surface area contributed by atoms with Crippen molar-refractivity contribution in [2.75, 3.05) is 39.4 Å². The van der Waals surface area contributed by atoms with Gasteiger partial charge in [0.05, 0.1) is 19.4 Å². The Labute approximate surface area is 139 Å².